The van der Waals surface area contributed by atoms with Gasteiger partial charge in [-0.05, 0) is 31.9 Å². The highest BCUT2D eigenvalue weighted by atomic mass is 16.5. The predicted molar refractivity (Wildman–Crippen MR) is 104 cm³/mol. The first kappa shape index (κ1) is 19.7. The average molecular weight is 356 g/mol. The monoisotopic (exact) mass is 356 g/mol. The van der Waals surface area contributed by atoms with E-state index in [-0.39, 0.29) is 11.9 Å². The summed E-state index contributed by atoms with van der Waals surface area (Å²) in [6, 6.07) is 7.48. The highest BCUT2D eigenvalue weighted by molar-refractivity contribution is 5.91. The minimum atomic E-state index is -0.311. The molecule has 3 N–H and O–H groups in total. The number of aryl methyl sites for hydroxylation is 1. The van der Waals surface area contributed by atoms with E-state index in [0.29, 0.717) is 18.6 Å². The van der Waals surface area contributed by atoms with Gasteiger partial charge in [0.1, 0.15) is 5.82 Å². The van der Waals surface area contributed by atoms with E-state index in [1.807, 2.05) is 25.1 Å². The zero-order valence-electron chi connectivity index (χ0n) is 15.8. The van der Waals surface area contributed by atoms with Crippen molar-refractivity contribution < 1.29 is 9.53 Å². The second-order valence-electron chi connectivity index (χ2n) is 6.18. The number of unbranched alkanes of at least 4 members (excludes halogenated alkanes) is 2. The number of esters is 1. The molecular weight excluding hydrogens is 328 g/mol. The Morgan fingerprint density at radius 3 is 2.69 bits per heavy atom. The Morgan fingerprint density at radius 1 is 1.19 bits per heavy atom. The van der Waals surface area contributed by atoms with Crippen molar-refractivity contribution >= 4 is 17.7 Å². The number of carbonyl (C=O) groups excluding carboxylic acids is 1. The molecule has 0 fully saturated rings. The Balaban J connectivity index is 2.30. The van der Waals surface area contributed by atoms with Gasteiger partial charge in [0.05, 0.1) is 12.2 Å². The molecule has 26 heavy (non-hydrogen) atoms. The van der Waals surface area contributed by atoms with E-state index in [1.54, 1.807) is 13.0 Å². The van der Waals surface area contributed by atoms with Gasteiger partial charge in [-0.25, -0.2) is 9.78 Å². The van der Waals surface area contributed by atoms with Crippen LogP contribution >= 0.6 is 0 Å². The molecule has 6 heteroatoms. The Kier molecular flexibility index (Phi) is 7.38. The number of nitrogens with one attached hydrogen (secondary N) is 1. The smallest absolute Gasteiger partial charge is 0.338 e. The maximum absolute atomic E-state index is 12.2. The van der Waals surface area contributed by atoms with Crippen LogP contribution in [0.5, 0.6) is 0 Å². The third-order valence-electron chi connectivity index (χ3n) is 4.18. The second-order valence-corrected chi connectivity index (χ2v) is 6.18. The van der Waals surface area contributed by atoms with Crippen molar-refractivity contribution in [2.24, 2.45) is 0 Å². The van der Waals surface area contributed by atoms with Crippen molar-refractivity contribution in [3.8, 4) is 0 Å². The van der Waals surface area contributed by atoms with Gasteiger partial charge in [0.15, 0.2) is 0 Å². The van der Waals surface area contributed by atoms with Crippen molar-refractivity contribution in [3.63, 3.8) is 0 Å². The highest BCUT2D eigenvalue weighted by Crippen LogP contribution is 2.23. The largest absolute Gasteiger partial charge is 0.462 e. The fourth-order valence-electron chi connectivity index (χ4n) is 2.83. The third kappa shape index (κ3) is 5.18. The normalized spacial score (nSPS) is 10.6. The Hall–Kier alpha value is -2.63. The Morgan fingerprint density at radius 2 is 1.96 bits per heavy atom. The minimum Gasteiger partial charge on any atom is -0.462 e. The Labute approximate surface area is 155 Å². The van der Waals surface area contributed by atoms with Crippen LogP contribution < -0.4 is 11.1 Å². The number of hydrogen-bond acceptors (Lipinski definition) is 6. The molecule has 0 spiro atoms. The summed E-state index contributed by atoms with van der Waals surface area (Å²) in [6.45, 7) is 7.07. The lowest BCUT2D eigenvalue weighted by atomic mass is 9.99. The maximum Gasteiger partial charge on any atom is 0.338 e. The van der Waals surface area contributed by atoms with Gasteiger partial charge >= 0.3 is 5.97 Å². The molecule has 0 radical (unpaired) electrons. The van der Waals surface area contributed by atoms with Crippen molar-refractivity contribution in [3.05, 3.63) is 46.6 Å². The van der Waals surface area contributed by atoms with Crippen LogP contribution in [0.2, 0.25) is 0 Å². The number of nitrogens with two attached hydrogens (primary N) is 1. The molecule has 0 atom stereocenters. The summed E-state index contributed by atoms with van der Waals surface area (Å²) in [7, 11) is 0. The van der Waals surface area contributed by atoms with Gasteiger partial charge < -0.3 is 15.8 Å². The number of hydrogen-bond donors (Lipinski definition) is 2. The molecule has 0 unspecified atom stereocenters. The number of aromatic nitrogens is 2. The van der Waals surface area contributed by atoms with Crippen LogP contribution in [-0.2, 0) is 11.2 Å². The molecule has 2 aromatic rings. The lowest BCUT2D eigenvalue weighted by molar-refractivity contribution is 0.0525. The van der Waals surface area contributed by atoms with Crippen LogP contribution in [0.4, 0.5) is 11.8 Å². The number of benzene rings is 1. The third-order valence-corrected chi connectivity index (χ3v) is 4.18. The van der Waals surface area contributed by atoms with Crippen molar-refractivity contribution in [2.45, 2.75) is 46.5 Å². The van der Waals surface area contributed by atoms with Gasteiger partial charge in [-0.15, -0.1) is 0 Å². The molecule has 0 aliphatic heterocycles. The van der Waals surface area contributed by atoms with Crippen molar-refractivity contribution in [2.75, 3.05) is 24.2 Å². The van der Waals surface area contributed by atoms with Gasteiger partial charge in [-0.3, -0.25) is 0 Å². The number of nitrogens with zero attached hydrogens (tertiary/aromatic N) is 2. The summed E-state index contributed by atoms with van der Waals surface area (Å²) in [5, 5.41) is 3.38. The van der Waals surface area contributed by atoms with E-state index in [4.69, 9.17) is 10.5 Å². The van der Waals surface area contributed by atoms with Gasteiger partial charge in [0.2, 0.25) is 5.95 Å². The molecule has 0 amide bonds. The Bertz CT molecular complexity index is 747. The average Bonchev–Trinajstić information content (AvgIpc) is 2.62. The van der Waals surface area contributed by atoms with Gasteiger partial charge in [-0.2, -0.15) is 4.98 Å². The van der Waals surface area contributed by atoms with E-state index in [2.05, 4.69) is 22.2 Å². The fourth-order valence-corrected chi connectivity index (χ4v) is 2.83. The first-order valence-corrected chi connectivity index (χ1v) is 9.18. The van der Waals surface area contributed by atoms with Crippen LogP contribution in [0.25, 0.3) is 0 Å². The molecule has 1 heterocycles. The van der Waals surface area contributed by atoms with Crippen LogP contribution in [0.3, 0.4) is 0 Å². The van der Waals surface area contributed by atoms with Gasteiger partial charge in [-0.1, -0.05) is 38.0 Å². The molecule has 0 bridgehead atoms. The van der Waals surface area contributed by atoms with Crippen LogP contribution in [-0.4, -0.2) is 29.1 Å². The van der Waals surface area contributed by atoms with Crippen molar-refractivity contribution in [1.82, 2.24) is 9.97 Å². The van der Waals surface area contributed by atoms with E-state index in [1.165, 1.54) is 0 Å². The maximum atomic E-state index is 12.2. The molecule has 0 saturated carbocycles. The van der Waals surface area contributed by atoms with Crippen LogP contribution in [0.1, 0.15) is 60.3 Å². The van der Waals surface area contributed by atoms with E-state index >= 15 is 0 Å². The SMILES string of the molecule is CCCCCNc1nc(N)nc(C)c1Cc1ccccc1C(=O)OCC. The standard InChI is InChI=1S/C20H28N4O2/c1-4-6-9-12-22-18-17(14(3)23-20(21)24-18)13-15-10-7-8-11-16(15)19(25)26-5-2/h7-8,10-11H,4-6,9,12-13H2,1-3H3,(H3,21,22,23,24). The first-order chi connectivity index (χ1) is 12.6. The second kappa shape index (κ2) is 9.75. The highest BCUT2D eigenvalue weighted by Gasteiger charge is 2.16. The zero-order chi connectivity index (χ0) is 18.9. The number of anilines is 2. The molecule has 0 saturated heterocycles. The van der Waals surface area contributed by atoms with Crippen LogP contribution in [0, 0.1) is 6.92 Å². The van der Waals surface area contributed by atoms with Crippen molar-refractivity contribution in [1.29, 1.82) is 0 Å². The summed E-state index contributed by atoms with van der Waals surface area (Å²) < 4.78 is 5.17. The fraction of sp³-hybridized carbons (Fsp3) is 0.450. The van der Waals surface area contributed by atoms with Gasteiger partial charge in [0.25, 0.3) is 0 Å². The quantitative estimate of drug-likeness (QED) is 0.525. The number of ether oxygens (including phenoxy) is 1. The zero-order valence-corrected chi connectivity index (χ0v) is 15.8. The lowest BCUT2D eigenvalue weighted by Crippen LogP contribution is -2.13. The first-order valence-electron chi connectivity index (χ1n) is 9.18. The molecule has 0 aliphatic rings. The summed E-state index contributed by atoms with van der Waals surface area (Å²) in [5.41, 5.74) is 9.06. The molecule has 140 valence electrons. The summed E-state index contributed by atoms with van der Waals surface area (Å²) in [4.78, 5) is 20.9. The topological polar surface area (TPSA) is 90.1 Å². The number of rotatable bonds is 9. The summed E-state index contributed by atoms with van der Waals surface area (Å²) >= 11 is 0. The number of nitrogen functional groups attached to an aromatic ring is 1. The van der Waals surface area contributed by atoms with Crippen LogP contribution in [0.15, 0.2) is 24.3 Å². The molecule has 1 aromatic heterocycles. The molecule has 2 rings (SSSR count). The van der Waals surface area contributed by atoms with E-state index in [9.17, 15) is 4.79 Å². The predicted octanol–water partition coefficient (Wildman–Crippen LogP) is 3.74. The summed E-state index contributed by atoms with van der Waals surface area (Å²) in [6.07, 6.45) is 3.93. The van der Waals surface area contributed by atoms with E-state index in [0.717, 1.165) is 48.4 Å². The minimum absolute atomic E-state index is 0.253. The van der Waals surface area contributed by atoms with Gasteiger partial charge in [0, 0.05) is 24.2 Å². The lowest BCUT2D eigenvalue weighted by Gasteiger charge is -2.15. The van der Waals surface area contributed by atoms with E-state index < -0.39 is 0 Å². The molecule has 0 aliphatic carbocycles. The molecular formula is C20H28N4O2. The molecule has 6 nitrogen and oxygen atoms in total. The summed E-state index contributed by atoms with van der Waals surface area (Å²) in [5.74, 6) is 0.683. The molecule has 1 aromatic carbocycles. The number of carbonyl (C=O) groups is 1.